The van der Waals surface area contributed by atoms with Crippen molar-refractivity contribution in [1.29, 1.82) is 0 Å². The minimum atomic E-state index is -0.188. The maximum Gasteiger partial charge on any atom is 0.257 e. The van der Waals surface area contributed by atoms with Crippen LogP contribution >= 0.6 is 11.5 Å². The number of amides is 1. The molecule has 0 saturated heterocycles. The average molecular weight is 214 g/mol. The highest BCUT2D eigenvalue weighted by atomic mass is 32.1. The summed E-state index contributed by atoms with van der Waals surface area (Å²) in [4.78, 5) is 13.4. The first kappa shape index (κ1) is 10.8. The van der Waals surface area contributed by atoms with Crippen LogP contribution in [-0.2, 0) is 0 Å². The molecule has 0 saturated carbocycles. The highest BCUT2D eigenvalue weighted by molar-refractivity contribution is 7.11. The molecule has 1 heterocycles. The molecule has 0 aliphatic carbocycles. The molecule has 0 spiro atoms. The van der Waals surface area contributed by atoms with E-state index >= 15 is 0 Å². The van der Waals surface area contributed by atoms with Crippen molar-refractivity contribution in [3.05, 3.63) is 5.56 Å². The number of anilines is 2. The van der Waals surface area contributed by atoms with Crippen LogP contribution in [0.1, 0.15) is 17.3 Å². The van der Waals surface area contributed by atoms with Gasteiger partial charge in [0.15, 0.2) is 5.82 Å². The number of nitrogens with zero attached hydrogens (tertiary/aromatic N) is 2. The number of aromatic nitrogens is 1. The number of hydrogen-bond acceptors (Lipinski definition) is 5. The minimum Gasteiger partial charge on any atom is -0.382 e. The molecule has 0 atom stereocenters. The van der Waals surface area contributed by atoms with Gasteiger partial charge in [-0.15, -0.1) is 0 Å². The maximum atomic E-state index is 11.5. The van der Waals surface area contributed by atoms with Crippen LogP contribution < -0.4 is 16.0 Å². The number of nitrogens with two attached hydrogens (primary N) is 1. The molecule has 1 rings (SSSR count). The van der Waals surface area contributed by atoms with E-state index in [0.717, 1.165) is 11.5 Å². The molecule has 0 unspecified atom stereocenters. The van der Waals surface area contributed by atoms with Crippen molar-refractivity contribution >= 4 is 28.3 Å². The van der Waals surface area contributed by atoms with Crippen LogP contribution in [0.5, 0.6) is 0 Å². The monoisotopic (exact) mass is 214 g/mol. The number of carbonyl (C=O) groups is 1. The fraction of sp³-hybridized carbons (Fsp3) is 0.500. The summed E-state index contributed by atoms with van der Waals surface area (Å²) in [6, 6.07) is 0. The Bertz CT molecular complexity index is 336. The van der Waals surface area contributed by atoms with E-state index in [9.17, 15) is 4.79 Å². The van der Waals surface area contributed by atoms with Gasteiger partial charge in [0.25, 0.3) is 5.91 Å². The highest BCUT2D eigenvalue weighted by Crippen LogP contribution is 2.29. The molecule has 5 nitrogen and oxygen atoms in total. The summed E-state index contributed by atoms with van der Waals surface area (Å²) in [7, 11) is 3.48. The minimum absolute atomic E-state index is 0.188. The Hall–Kier alpha value is -1.30. The molecule has 1 amide bonds. The van der Waals surface area contributed by atoms with E-state index in [-0.39, 0.29) is 5.91 Å². The van der Waals surface area contributed by atoms with E-state index in [1.54, 1.807) is 7.05 Å². The quantitative estimate of drug-likeness (QED) is 0.770. The Morgan fingerprint density at radius 3 is 2.86 bits per heavy atom. The van der Waals surface area contributed by atoms with Gasteiger partial charge in [-0.05, 0) is 18.5 Å². The molecule has 6 heteroatoms. The fourth-order valence-electron chi connectivity index (χ4n) is 1.04. The predicted molar refractivity (Wildman–Crippen MR) is 58.9 cm³/mol. The van der Waals surface area contributed by atoms with Crippen LogP contribution in [0.4, 0.5) is 10.8 Å². The first-order valence-corrected chi connectivity index (χ1v) is 5.07. The Labute approximate surface area is 87.1 Å². The molecular formula is C8H14N4OS. The summed E-state index contributed by atoms with van der Waals surface area (Å²) in [5.41, 5.74) is 6.10. The summed E-state index contributed by atoms with van der Waals surface area (Å²) in [6.07, 6.45) is 0. The number of hydrogen-bond donors (Lipinski definition) is 2. The van der Waals surface area contributed by atoms with Crippen molar-refractivity contribution in [2.24, 2.45) is 0 Å². The lowest BCUT2D eigenvalue weighted by atomic mass is 10.3. The first-order valence-electron chi connectivity index (χ1n) is 4.30. The maximum absolute atomic E-state index is 11.5. The van der Waals surface area contributed by atoms with Crippen LogP contribution in [0.3, 0.4) is 0 Å². The molecule has 0 fully saturated rings. The molecule has 14 heavy (non-hydrogen) atoms. The lowest BCUT2D eigenvalue weighted by molar-refractivity contribution is 0.0964. The summed E-state index contributed by atoms with van der Waals surface area (Å²) < 4.78 is 3.97. The van der Waals surface area contributed by atoms with E-state index in [2.05, 4.69) is 9.69 Å². The predicted octanol–water partition coefficient (Wildman–Crippen LogP) is 0.541. The van der Waals surface area contributed by atoms with Gasteiger partial charge in [0.05, 0.1) is 0 Å². The average Bonchev–Trinajstić information content (AvgIpc) is 2.58. The van der Waals surface area contributed by atoms with Crippen LogP contribution in [0, 0.1) is 0 Å². The first-order chi connectivity index (χ1) is 6.61. The molecule has 78 valence electrons. The number of carbonyl (C=O) groups excluding carboxylic acids is 1. The molecule has 0 aliphatic heterocycles. The van der Waals surface area contributed by atoms with Gasteiger partial charge in [0.2, 0.25) is 0 Å². The summed E-state index contributed by atoms with van der Waals surface area (Å²) in [5, 5.41) is 3.36. The smallest absolute Gasteiger partial charge is 0.257 e. The summed E-state index contributed by atoms with van der Waals surface area (Å²) in [5.74, 6) is 0.108. The Morgan fingerprint density at radius 2 is 2.36 bits per heavy atom. The largest absolute Gasteiger partial charge is 0.382 e. The van der Waals surface area contributed by atoms with Crippen molar-refractivity contribution in [2.75, 3.05) is 31.3 Å². The Balaban J connectivity index is 3.12. The zero-order valence-electron chi connectivity index (χ0n) is 8.50. The van der Waals surface area contributed by atoms with Gasteiger partial charge in [-0.1, -0.05) is 0 Å². The lowest BCUT2D eigenvalue weighted by Crippen LogP contribution is -2.23. The van der Waals surface area contributed by atoms with Gasteiger partial charge < -0.3 is 16.0 Å². The molecule has 0 bridgehead atoms. The summed E-state index contributed by atoms with van der Waals surface area (Å²) in [6.45, 7) is 2.81. The normalized spacial score (nSPS) is 9.93. The molecule has 1 aromatic rings. The van der Waals surface area contributed by atoms with Gasteiger partial charge in [-0.2, -0.15) is 4.37 Å². The van der Waals surface area contributed by atoms with Gasteiger partial charge in [0.1, 0.15) is 10.6 Å². The van der Waals surface area contributed by atoms with Crippen LogP contribution in [0.2, 0.25) is 0 Å². The van der Waals surface area contributed by atoms with Crippen LogP contribution in [-0.4, -0.2) is 30.9 Å². The second-order valence-electron chi connectivity index (χ2n) is 2.84. The Kier molecular flexibility index (Phi) is 3.29. The van der Waals surface area contributed by atoms with Crippen LogP contribution in [0.15, 0.2) is 0 Å². The van der Waals surface area contributed by atoms with Gasteiger partial charge >= 0.3 is 0 Å². The van der Waals surface area contributed by atoms with Crippen molar-refractivity contribution in [1.82, 2.24) is 9.69 Å². The number of nitrogen functional groups attached to an aromatic ring is 1. The third kappa shape index (κ3) is 1.79. The van der Waals surface area contributed by atoms with Gasteiger partial charge in [0, 0.05) is 20.6 Å². The van der Waals surface area contributed by atoms with Crippen molar-refractivity contribution < 1.29 is 4.79 Å². The molecule has 0 radical (unpaired) electrons. The van der Waals surface area contributed by atoms with E-state index in [0.29, 0.717) is 11.4 Å². The number of rotatable bonds is 3. The SMILES string of the molecule is CCN(C)c1snc(N)c1C(=O)NC. The van der Waals surface area contributed by atoms with E-state index in [1.165, 1.54) is 11.5 Å². The lowest BCUT2D eigenvalue weighted by Gasteiger charge is -2.15. The zero-order chi connectivity index (χ0) is 10.7. The molecule has 0 aromatic carbocycles. The summed E-state index contributed by atoms with van der Waals surface area (Å²) >= 11 is 1.24. The van der Waals surface area contributed by atoms with Crippen molar-refractivity contribution in [3.8, 4) is 0 Å². The topological polar surface area (TPSA) is 71.2 Å². The molecule has 0 aliphatic rings. The van der Waals surface area contributed by atoms with E-state index < -0.39 is 0 Å². The van der Waals surface area contributed by atoms with E-state index in [4.69, 9.17) is 5.73 Å². The third-order valence-corrected chi connectivity index (χ3v) is 2.95. The number of nitrogens with one attached hydrogen (secondary N) is 1. The molecular weight excluding hydrogens is 200 g/mol. The third-order valence-electron chi connectivity index (χ3n) is 1.98. The van der Waals surface area contributed by atoms with Gasteiger partial charge in [-0.25, -0.2) is 0 Å². The Morgan fingerprint density at radius 1 is 1.71 bits per heavy atom. The molecule has 3 N–H and O–H groups in total. The second-order valence-corrected chi connectivity index (χ2v) is 3.59. The van der Waals surface area contributed by atoms with Crippen LogP contribution in [0.25, 0.3) is 0 Å². The van der Waals surface area contributed by atoms with Gasteiger partial charge in [-0.3, -0.25) is 4.79 Å². The van der Waals surface area contributed by atoms with Crippen molar-refractivity contribution in [2.45, 2.75) is 6.92 Å². The second kappa shape index (κ2) is 4.28. The standard InChI is InChI=1S/C8H14N4OS/c1-4-12(3)8-5(7(13)10-2)6(9)11-14-8/h4H2,1-3H3,(H2,9,11)(H,10,13). The highest BCUT2D eigenvalue weighted by Gasteiger charge is 2.19. The fourth-order valence-corrected chi connectivity index (χ4v) is 1.87. The molecule has 1 aromatic heterocycles. The zero-order valence-corrected chi connectivity index (χ0v) is 9.31. The van der Waals surface area contributed by atoms with E-state index in [1.807, 2.05) is 18.9 Å². The van der Waals surface area contributed by atoms with Crippen molar-refractivity contribution in [3.63, 3.8) is 0 Å².